The molecule has 0 saturated heterocycles. The van der Waals surface area contributed by atoms with E-state index in [1.165, 1.54) is 48.5 Å². The summed E-state index contributed by atoms with van der Waals surface area (Å²) in [4.78, 5) is 16.7. The van der Waals surface area contributed by atoms with Gasteiger partial charge in [0.1, 0.15) is 10.7 Å². The van der Waals surface area contributed by atoms with Gasteiger partial charge >= 0.3 is 0 Å². The van der Waals surface area contributed by atoms with Crippen LogP contribution < -0.4 is 10.0 Å². The van der Waals surface area contributed by atoms with Gasteiger partial charge in [0.2, 0.25) is 0 Å². The van der Waals surface area contributed by atoms with Crippen LogP contribution in [0.25, 0.3) is 0 Å². The van der Waals surface area contributed by atoms with E-state index in [-0.39, 0.29) is 14.9 Å². The van der Waals surface area contributed by atoms with E-state index >= 15 is 0 Å². The van der Waals surface area contributed by atoms with Crippen molar-refractivity contribution in [3.63, 3.8) is 0 Å². The molecule has 0 fully saturated rings. The quantitative estimate of drug-likeness (QED) is 0.638. The fourth-order valence-corrected chi connectivity index (χ4v) is 4.38. The Hall–Kier alpha value is -2.49. The van der Waals surface area contributed by atoms with Gasteiger partial charge in [-0.15, -0.1) is 0 Å². The van der Waals surface area contributed by atoms with Gasteiger partial charge in [0.05, 0.1) is 10.6 Å². The molecule has 6 nitrogen and oxygen atoms in total. The summed E-state index contributed by atoms with van der Waals surface area (Å²) in [6, 6.07) is 11.0. The van der Waals surface area contributed by atoms with Crippen LogP contribution in [-0.2, 0) is 10.0 Å². The molecule has 3 rings (SSSR count). The number of sulfonamides is 1. The third kappa shape index (κ3) is 4.62. The highest BCUT2D eigenvalue weighted by molar-refractivity contribution is 7.93. The van der Waals surface area contributed by atoms with Crippen molar-refractivity contribution < 1.29 is 17.6 Å². The van der Waals surface area contributed by atoms with Gasteiger partial charge in [-0.25, -0.2) is 17.8 Å². The van der Waals surface area contributed by atoms with E-state index in [0.717, 1.165) is 11.3 Å². The van der Waals surface area contributed by atoms with Crippen molar-refractivity contribution in [1.29, 1.82) is 0 Å². The molecule has 2 N–H and O–H groups in total. The first-order valence-corrected chi connectivity index (χ1v) is 10.2. The standard InChI is InChI=1S/C17H13ClFN3O3S2/c1-10-15(16(23)21-13-6-4-12(19)5-7-13)26-17(20-10)22-27(24,25)14-8-2-11(18)3-9-14/h2-9H,1H3,(H,20,22)(H,21,23). The van der Waals surface area contributed by atoms with Crippen LogP contribution in [0.3, 0.4) is 0 Å². The first-order valence-electron chi connectivity index (χ1n) is 7.57. The number of benzene rings is 2. The summed E-state index contributed by atoms with van der Waals surface area (Å²) in [7, 11) is -3.86. The lowest BCUT2D eigenvalue weighted by Crippen LogP contribution is -2.12. The Morgan fingerprint density at radius 1 is 1.11 bits per heavy atom. The SMILES string of the molecule is Cc1nc(NS(=O)(=O)c2ccc(Cl)cc2)sc1C(=O)Nc1ccc(F)cc1. The molecule has 0 atom stereocenters. The molecule has 0 spiro atoms. The molecule has 1 amide bonds. The second kappa shape index (κ2) is 7.63. The van der Waals surface area contributed by atoms with Gasteiger partial charge in [-0.1, -0.05) is 22.9 Å². The van der Waals surface area contributed by atoms with Gasteiger partial charge in [0.25, 0.3) is 15.9 Å². The molecule has 0 unspecified atom stereocenters. The molecule has 27 heavy (non-hydrogen) atoms. The van der Waals surface area contributed by atoms with Gasteiger partial charge in [-0.2, -0.15) is 0 Å². The molecule has 1 aromatic heterocycles. The number of hydrogen-bond donors (Lipinski definition) is 2. The average molecular weight is 426 g/mol. The van der Waals surface area contributed by atoms with Crippen LogP contribution in [0.2, 0.25) is 5.02 Å². The van der Waals surface area contributed by atoms with Crippen LogP contribution in [0.1, 0.15) is 15.4 Å². The van der Waals surface area contributed by atoms with Crippen molar-refractivity contribution in [3.8, 4) is 0 Å². The number of aromatic nitrogens is 1. The fraction of sp³-hybridized carbons (Fsp3) is 0.0588. The number of rotatable bonds is 5. The number of amides is 1. The summed E-state index contributed by atoms with van der Waals surface area (Å²) in [5.74, 6) is -0.880. The molecule has 0 bridgehead atoms. The highest BCUT2D eigenvalue weighted by Crippen LogP contribution is 2.26. The van der Waals surface area contributed by atoms with E-state index < -0.39 is 21.7 Å². The summed E-state index contributed by atoms with van der Waals surface area (Å²) in [6.45, 7) is 1.59. The third-order valence-corrected chi connectivity index (χ3v) is 6.26. The Morgan fingerprint density at radius 2 is 1.74 bits per heavy atom. The van der Waals surface area contributed by atoms with Crippen molar-refractivity contribution >= 4 is 49.7 Å². The second-order valence-electron chi connectivity index (χ2n) is 5.45. The zero-order valence-corrected chi connectivity index (χ0v) is 16.3. The Balaban J connectivity index is 1.78. The van der Waals surface area contributed by atoms with E-state index in [9.17, 15) is 17.6 Å². The van der Waals surface area contributed by atoms with Gasteiger partial charge in [0.15, 0.2) is 5.13 Å². The molecule has 10 heteroatoms. The van der Waals surface area contributed by atoms with Crippen molar-refractivity contribution in [1.82, 2.24) is 4.98 Å². The normalized spacial score (nSPS) is 11.2. The minimum absolute atomic E-state index is 0.0251. The van der Waals surface area contributed by atoms with Crippen LogP contribution >= 0.6 is 22.9 Å². The Morgan fingerprint density at radius 3 is 2.37 bits per heavy atom. The molecule has 140 valence electrons. The zero-order chi connectivity index (χ0) is 19.6. The topological polar surface area (TPSA) is 88.2 Å². The summed E-state index contributed by atoms with van der Waals surface area (Å²) >= 11 is 6.67. The number of hydrogen-bond acceptors (Lipinski definition) is 5. The summed E-state index contributed by atoms with van der Waals surface area (Å²) < 4.78 is 40.1. The first-order chi connectivity index (χ1) is 12.7. The molecule has 0 saturated carbocycles. The van der Waals surface area contributed by atoms with Crippen LogP contribution in [0, 0.1) is 12.7 Å². The van der Waals surface area contributed by atoms with Crippen molar-refractivity contribution in [3.05, 3.63) is 69.9 Å². The largest absolute Gasteiger partial charge is 0.321 e. The summed E-state index contributed by atoms with van der Waals surface area (Å²) in [6.07, 6.45) is 0. The maximum absolute atomic E-state index is 12.9. The van der Waals surface area contributed by atoms with Crippen LogP contribution in [0.4, 0.5) is 15.2 Å². The number of halogens is 2. The average Bonchev–Trinajstić information content (AvgIpc) is 2.97. The Kier molecular flexibility index (Phi) is 5.45. The first kappa shape index (κ1) is 19.3. The minimum atomic E-state index is -3.86. The smallest absolute Gasteiger partial charge is 0.267 e. The van der Waals surface area contributed by atoms with Crippen LogP contribution in [0.15, 0.2) is 53.4 Å². The monoisotopic (exact) mass is 425 g/mol. The van der Waals surface area contributed by atoms with Crippen molar-refractivity contribution in [2.75, 3.05) is 10.0 Å². The van der Waals surface area contributed by atoms with E-state index in [2.05, 4.69) is 15.0 Å². The lowest BCUT2D eigenvalue weighted by molar-refractivity contribution is 0.103. The van der Waals surface area contributed by atoms with Crippen molar-refractivity contribution in [2.45, 2.75) is 11.8 Å². The fourth-order valence-electron chi connectivity index (χ4n) is 2.16. The van der Waals surface area contributed by atoms with E-state index in [1.807, 2.05) is 0 Å². The Bertz CT molecular complexity index is 1080. The summed E-state index contributed by atoms with van der Waals surface area (Å²) in [5, 5.41) is 3.09. The van der Waals surface area contributed by atoms with E-state index in [4.69, 9.17) is 11.6 Å². The highest BCUT2D eigenvalue weighted by Gasteiger charge is 2.20. The molecule has 2 aromatic carbocycles. The molecule has 3 aromatic rings. The molecule has 0 radical (unpaired) electrons. The summed E-state index contributed by atoms with van der Waals surface area (Å²) in [5.41, 5.74) is 0.783. The van der Waals surface area contributed by atoms with Gasteiger partial charge in [0, 0.05) is 10.7 Å². The molecule has 0 aliphatic rings. The third-order valence-electron chi connectivity index (χ3n) is 3.45. The van der Waals surface area contributed by atoms with Gasteiger partial charge in [-0.05, 0) is 55.5 Å². The van der Waals surface area contributed by atoms with Gasteiger partial charge in [-0.3, -0.25) is 9.52 Å². The number of thiazole rings is 1. The Labute approximate surface area is 164 Å². The predicted molar refractivity (Wildman–Crippen MR) is 103 cm³/mol. The van der Waals surface area contributed by atoms with Gasteiger partial charge < -0.3 is 5.32 Å². The molecular weight excluding hydrogens is 413 g/mol. The lowest BCUT2D eigenvalue weighted by Gasteiger charge is -2.05. The number of aryl methyl sites for hydroxylation is 1. The lowest BCUT2D eigenvalue weighted by atomic mass is 10.3. The molecule has 0 aliphatic heterocycles. The number of anilines is 2. The van der Waals surface area contributed by atoms with Crippen LogP contribution in [0.5, 0.6) is 0 Å². The van der Waals surface area contributed by atoms with Crippen molar-refractivity contribution in [2.24, 2.45) is 0 Å². The number of nitrogens with zero attached hydrogens (tertiary/aromatic N) is 1. The van der Waals surface area contributed by atoms with E-state index in [0.29, 0.717) is 16.4 Å². The van der Waals surface area contributed by atoms with E-state index in [1.54, 1.807) is 6.92 Å². The molecule has 1 heterocycles. The number of nitrogens with one attached hydrogen (secondary N) is 2. The van der Waals surface area contributed by atoms with Crippen LogP contribution in [-0.4, -0.2) is 19.3 Å². The minimum Gasteiger partial charge on any atom is -0.321 e. The molecular formula is C17H13ClFN3O3S2. The zero-order valence-electron chi connectivity index (χ0n) is 13.9. The number of carbonyl (C=O) groups is 1. The maximum Gasteiger partial charge on any atom is 0.267 e. The second-order valence-corrected chi connectivity index (χ2v) is 8.57. The number of carbonyl (C=O) groups excluding carboxylic acids is 1. The highest BCUT2D eigenvalue weighted by atomic mass is 35.5. The predicted octanol–water partition coefficient (Wildman–Crippen LogP) is 4.30. The molecule has 0 aliphatic carbocycles. The maximum atomic E-state index is 12.9.